The Hall–Kier alpha value is -3.02. The molecule has 0 aliphatic heterocycles. The summed E-state index contributed by atoms with van der Waals surface area (Å²) in [5.41, 5.74) is 1.82. The van der Waals surface area contributed by atoms with Crippen LogP contribution in [-0.2, 0) is 4.84 Å². The van der Waals surface area contributed by atoms with Crippen LogP contribution in [0.1, 0.15) is 0 Å². The number of hydrogen-bond donors (Lipinski definition) is 1. The molecule has 0 aromatic heterocycles. The molecule has 20 heavy (non-hydrogen) atoms. The van der Waals surface area contributed by atoms with Gasteiger partial charge >= 0.3 is 12.2 Å². The van der Waals surface area contributed by atoms with Gasteiger partial charge in [0.25, 0.3) is 0 Å². The Morgan fingerprint density at radius 1 is 0.750 bits per heavy atom. The van der Waals surface area contributed by atoms with Crippen molar-refractivity contribution in [3.63, 3.8) is 0 Å². The van der Waals surface area contributed by atoms with E-state index in [0.717, 1.165) is 0 Å². The zero-order valence-electron chi connectivity index (χ0n) is 10.3. The molecule has 2 rings (SSSR count). The monoisotopic (exact) mass is 273 g/mol. The summed E-state index contributed by atoms with van der Waals surface area (Å²) in [5, 5.41) is 0. The first-order valence-electron chi connectivity index (χ1n) is 5.70. The number of amides is 1. The Labute approximate surface area is 114 Å². The van der Waals surface area contributed by atoms with E-state index in [0.29, 0.717) is 11.5 Å². The fourth-order valence-electron chi connectivity index (χ4n) is 1.31. The summed E-state index contributed by atoms with van der Waals surface area (Å²) >= 11 is 0. The van der Waals surface area contributed by atoms with Gasteiger partial charge in [-0.2, -0.15) is 0 Å². The summed E-state index contributed by atoms with van der Waals surface area (Å²) in [4.78, 5) is 27.0. The van der Waals surface area contributed by atoms with Crippen molar-refractivity contribution >= 4 is 12.2 Å². The molecule has 0 saturated carbocycles. The van der Waals surface area contributed by atoms with Crippen molar-refractivity contribution in [1.29, 1.82) is 0 Å². The summed E-state index contributed by atoms with van der Waals surface area (Å²) in [5.74, 6) is 0.626. The summed E-state index contributed by atoms with van der Waals surface area (Å²) in [6, 6.07) is 16.7. The van der Waals surface area contributed by atoms with Gasteiger partial charge in [0.2, 0.25) is 0 Å². The molecule has 0 saturated heterocycles. The van der Waals surface area contributed by atoms with Crippen LogP contribution in [0.15, 0.2) is 60.7 Å². The minimum absolute atomic E-state index is 0.302. The van der Waals surface area contributed by atoms with Crippen molar-refractivity contribution < 1.29 is 23.9 Å². The number of benzene rings is 2. The second-order valence-corrected chi connectivity index (χ2v) is 3.57. The Morgan fingerprint density at radius 3 is 1.80 bits per heavy atom. The number of hydroxylamine groups is 1. The van der Waals surface area contributed by atoms with Crippen LogP contribution in [0.5, 0.6) is 11.5 Å². The largest absolute Gasteiger partial charge is 0.539 e. The standard InChI is InChI=1S/C14H11NO5/c16-13(18-11-7-3-1-4-8-11)15-20-14(17)19-12-9-5-2-6-10-12/h1-10H,(H,15,16). The quantitative estimate of drug-likeness (QED) is 0.517. The highest BCUT2D eigenvalue weighted by atomic mass is 16.8. The molecule has 2 aromatic carbocycles. The normalized spacial score (nSPS) is 9.40. The van der Waals surface area contributed by atoms with E-state index in [1.807, 2.05) is 5.48 Å². The molecule has 0 bridgehead atoms. The van der Waals surface area contributed by atoms with Gasteiger partial charge < -0.3 is 14.3 Å². The topological polar surface area (TPSA) is 73.9 Å². The van der Waals surface area contributed by atoms with Gasteiger partial charge in [-0.25, -0.2) is 9.59 Å². The van der Waals surface area contributed by atoms with Crippen LogP contribution in [0.2, 0.25) is 0 Å². The lowest BCUT2D eigenvalue weighted by Crippen LogP contribution is -2.31. The van der Waals surface area contributed by atoms with Crippen LogP contribution >= 0.6 is 0 Å². The molecule has 0 aliphatic carbocycles. The predicted molar refractivity (Wildman–Crippen MR) is 69.2 cm³/mol. The van der Waals surface area contributed by atoms with Crippen molar-refractivity contribution in [2.45, 2.75) is 0 Å². The van der Waals surface area contributed by atoms with Gasteiger partial charge in [-0.15, -0.1) is 5.48 Å². The second-order valence-electron chi connectivity index (χ2n) is 3.57. The third-order valence-electron chi connectivity index (χ3n) is 2.12. The first-order valence-corrected chi connectivity index (χ1v) is 5.70. The maximum Gasteiger partial charge on any atom is 0.539 e. The fourth-order valence-corrected chi connectivity index (χ4v) is 1.31. The minimum Gasteiger partial charge on any atom is -0.408 e. The number of rotatable bonds is 2. The first kappa shape index (κ1) is 13.4. The molecule has 2 aromatic rings. The number of carbonyl (C=O) groups excluding carboxylic acids is 2. The molecule has 1 N–H and O–H groups in total. The number of carbonyl (C=O) groups is 2. The van der Waals surface area contributed by atoms with Crippen molar-refractivity contribution in [2.75, 3.05) is 0 Å². The molecule has 0 atom stereocenters. The van der Waals surface area contributed by atoms with Crippen molar-refractivity contribution in [1.82, 2.24) is 5.48 Å². The molecule has 6 nitrogen and oxygen atoms in total. The number of hydrogen-bond acceptors (Lipinski definition) is 5. The smallest absolute Gasteiger partial charge is 0.408 e. The lowest BCUT2D eigenvalue weighted by molar-refractivity contribution is 0.0518. The Bertz CT molecular complexity index is 517. The average molecular weight is 273 g/mol. The van der Waals surface area contributed by atoms with Crippen LogP contribution in [0.25, 0.3) is 0 Å². The lowest BCUT2D eigenvalue weighted by atomic mass is 10.3. The van der Waals surface area contributed by atoms with E-state index in [1.165, 1.54) is 0 Å². The Balaban J connectivity index is 1.75. The van der Waals surface area contributed by atoms with Crippen LogP contribution in [0.3, 0.4) is 0 Å². The van der Waals surface area contributed by atoms with E-state index in [4.69, 9.17) is 9.47 Å². The molecule has 0 radical (unpaired) electrons. The minimum atomic E-state index is -1.07. The summed E-state index contributed by atoms with van der Waals surface area (Å²) in [7, 11) is 0. The van der Waals surface area contributed by atoms with Gasteiger partial charge in [0.15, 0.2) is 0 Å². The van der Waals surface area contributed by atoms with E-state index >= 15 is 0 Å². The van der Waals surface area contributed by atoms with E-state index in [9.17, 15) is 9.59 Å². The van der Waals surface area contributed by atoms with Crippen molar-refractivity contribution in [3.8, 4) is 11.5 Å². The van der Waals surface area contributed by atoms with Gasteiger partial charge in [0.05, 0.1) is 0 Å². The van der Waals surface area contributed by atoms with E-state index in [2.05, 4.69) is 4.84 Å². The maximum atomic E-state index is 11.3. The molecule has 102 valence electrons. The van der Waals surface area contributed by atoms with Crippen LogP contribution in [0.4, 0.5) is 9.59 Å². The van der Waals surface area contributed by atoms with Gasteiger partial charge in [-0.1, -0.05) is 36.4 Å². The molecular weight excluding hydrogens is 262 g/mol. The van der Waals surface area contributed by atoms with Gasteiger partial charge in [0, 0.05) is 0 Å². The van der Waals surface area contributed by atoms with Crippen LogP contribution in [0, 0.1) is 0 Å². The molecule has 0 aliphatic rings. The van der Waals surface area contributed by atoms with E-state index < -0.39 is 12.2 Å². The maximum absolute atomic E-state index is 11.3. The SMILES string of the molecule is O=C(NOC(=O)Oc1ccccc1)Oc1ccccc1. The zero-order valence-corrected chi connectivity index (χ0v) is 10.3. The highest BCUT2D eigenvalue weighted by molar-refractivity contribution is 5.72. The van der Waals surface area contributed by atoms with Crippen LogP contribution in [-0.4, -0.2) is 12.2 Å². The lowest BCUT2D eigenvalue weighted by Gasteiger charge is -2.06. The summed E-state index contributed by atoms with van der Waals surface area (Å²) in [6.07, 6.45) is -2.00. The van der Waals surface area contributed by atoms with Gasteiger partial charge in [0.1, 0.15) is 11.5 Å². The van der Waals surface area contributed by atoms with Crippen LogP contribution < -0.4 is 15.0 Å². The van der Waals surface area contributed by atoms with E-state index in [-0.39, 0.29) is 0 Å². The first-order chi connectivity index (χ1) is 9.74. The molecule has 0 fully saturated rings. The molecule has 0 heterocycles. The Kier molecular flexibility index (Phi) is 4.55. The van der Waals surface area contributed by atoms with E-state index in [1.54, 1.807) is 60.7 Å². The molecule has 0 spiro atoms. The summed E-state index contributed by atoms with van der Waals surface area (Å²) in [6.45, 7) is 0. The third kappa shape index (κ3) is 4.34. The number of para-hydroxylation sites is 2. The fraction of sp³-hybridized carbons (Fsp3) is 0. The molecular formula is C14H11NO5. The average Bonchev–Trinajstić information content (AvgIpc) is 2.47. The van der Waals surface area contributed by atoms with Crippen molar-refractivity contribution in [3.05, 3.63) is 60.7 Å². The second kappa shape index (κ2) is 6.79. The number of ether oxygens (including phenoxy) is 2. The molecule has 0 unspecified atom stereocenters. The van der Waals surface area contributed by atoms with Gasteiger partial charge in [-0.3, -0.25) is 0 Å². The van der Waals surface area contributed by atoms with Gasteiger partial charge in [-0.05, 0) is 24.3 Å². The Morgan fingerprint density at radius 2 is 1.25 bits per heavy atom. The number of nitrogens with one attached hydrogen (secondary N) is 1. The highest BCUT2D eigenvalue weighted by Crippen LogP contribution is 2.09. The highest BCUT2D eigenvalue weighted by Gasteiger charge is 2.10. The predicted octanol–water partition coefficient (Wildman–Crippen LogP) is 2.91. The third-order valence-corrected chi connectivity index (χ3v) is 2.12. The zero-order chi connectivity index (χ0) is 14.2. The summed E-state index contributed by atoms with van der Waals surface area (Å²) < 4.78 is 9.62. The molecule has 6 heteroatoms. The van der Waals surface area contributed by atoms with Crippen molar-refractivity contribution in [2.24, 2.45) is 0 Å². The molecule has 1 amide bonds.